The van der Waals surface area contributed by atoms with Gasteiger partial charge in [0.05, 0.1) is 10.9 Å². The van der Waals surface area contributed by atoms with Crippen molar-refractivity contribution in [1.82, 2.24) is 4.98 Å². The monoisotopic (exact) mass is 273 g/mol. The quantitative estimate of drug-likeness (QED) is 0.526. The van der Waals surface area contributed by atoms with Gasteiger partial charge in [-0.3, -0.25) is 0 Å². The van der Waals surface area contributed by atoms with Gasteiger partial charge in [0, 0.05) is 5.56 Å². The van der Waals surface area contributed by atoms with Gasteiger partial charge in [-0.2, -0.15) is 0 Å². The molecule has 4 aromatic rings. The summed E-state index contributed by atoms with van der Waals surface area (Å²) in [6, 6.07) is 21.1. The summed E-state index contributed by atoms with van der Waals surface area (Å²) >= 11 is 0. The number of rotatable bonds is 1. The molecule has 1 heterocycles. The van der Waals surface area contributed by atoms with E-state index in [1.54, 1.807) is 12.1 Å². The molecule has 0 amide bonds. The fraction of sp³-hybridized carbons (Fsp3) is 0. The van der Waals surface area contributed by atoms with Crippen molar-refractivity contribution in [2.45, 2.75) is 0 Å². The maximum Gasteiger partial charge on any atom is 0.347 e. The Labute approximate surface area is 120 Å². The molecule has 0 radical (unpaired) electrons. The molecular weight excluding hydrogens is 262 g/mol. The Hall–Kier alpha value is -2.94. The first-order valence-corrected chi connectivity index (χ1v) is 6.71. The molecule has 100 valence electrons. The first-order valence-electron chi connectivity index (χ1n) is 6.71. The van der Waals surface area contributed by atoms with E-state index in [-0.39, 0.29) is 5.63 Å². The van der Waals surface area contributed by atoms with Gasteiger partial charge in [0.2, 0.25) is 5.89 Å². The normalized spacial score (nSPS) is 11.0. The SMILES string of the molecule is O=c1oc(-c2cccc3ccccc23)nc2ccccc12. The zero-order valence-corrected chi connectivity index (χ0v) is 11.1. The summed E-state index contributed by atoms with van der Waals surface area (Å²) in [6.45, 7) is 0. The average Bonchev–Trinajstić information content (AvgIpc) is 2.54. The van der Waals surface area contributed by atoms with Gasteiger partial charge in [0.25, 0.3) is 0 Å². The van der Waals surface area contributed by atoms with Crippen LogP contribution in [0.15, 0.2) is 75.9 Å². The second-order valence-corrected chi connectivity index (χ2v) is 4.85. The van der Waals surface area contributed by atoms with E-state index in [2.05, 4.69) is 4.98 Å². The molecule has 1 aromatic heterocycles. The molecule has 0 N–H and O–H groups in total. The lowest BCUT2D eigenvalue weighted by atomic mass is 10.0. The minimum atomic E-state index is -0.358. The lowest BCUT2D eigenvalue weighted by Gasteiger charge is -2.05. The van der Waals surface area contributed by atoms with E-state index in [1.165, 1.54) is 0 Å². The Morgan fingerprint density at radius 1 is 0.762 bits per heavy atom. The molecule has 3 heteroatoms. The average molecular weight is 273 g/mol. The van der Waals surface area contributed by atoms with Gasteiger partial charge in [0.1, 0.15) is 0 Å². The van der Waals surface area contributed by atoms with Crippen molar-refractivity contribution < 1.29 is 4.42 Å². The van der Waals surface area contributed by atoms with Crippen LogP contribution in [0.2, 0.25) is 0 Å². The van der Waals surface area contributed by atoms with Gasteiger partial charge in [0.15, 0.2) is 0 Å². The molecule has 0 saturated heterocycles. The van der Waals surface area contributed by atoms with Gasteiger partial charge < -0.3 is 4.42 Å². The lowest BCUT2D eigenvalue weighted by molar-refractivity contribution is 0.519. The fourth-order valence-electron chi connectivity index (χ4n) is 2.55. The number of hydrogen-bond acceptors (Lipinski definition) is 3. The number of aromatic nitrogens is 1. The number of nitrogens with zero attached hydrogens (tertiary/aromatic N) is 1. The van der Waals surface area contributed by atoms with Crippen LogP contribution in [-0.4, -0.2) is 4.98 Å². The van der Waals surface area contributed by atoms with Crippen LogP contribution in [0.1, 0.15) is 0 Å². The van der Waals surface area contributed by atoms with Crippen LogP contribution >= 0.6 is 0 Å². The summed E-state index contributed by atoms with van der Waals surface area (Å²) in [4.78, 5) is 16.6. The van der Waals surface area contributed by atoms with Gasteiger partial charge >= 0.3 is 5.63 Å². The molecule has 3 aromatic carbocycles. The third-order valence-electron chi connectivity index (χ3n) is 3.56. The predicted molar refractivity (Wildman–Crippen MR) is 83.2 cm³/mol. The summed E-state index contributed by atoms with van der Waals surface area (Å²) in [7, 11) is 0. The first kappa shape index (κ1) is 11.9. The smallest absolute Gasteiger partial charge is 0.347 e. The van der Waals surface area contributed by atoms with Crippen molar-refractivity contribution in [2.24, 2.45) is 0 Å². The summed E-state index contributed by atoms with van der Waals surface area (Å²) in [6.07, 6.45) is 0. The van der Waals surface area contributed by atoms with E-state index in [4.69, 9.17) is 4.42 Å². The van der Waals surface area contributed by atoms with Crippen LogP contribution in [0, 0.1) is 0 Å². The Morgan fingerprint density at radius 3 is 2.38 bits per heavy atom. The Bertz CT molecular complexity index is 1010. The molecule has 0 aliphatic rings. The molecular formula is C18H11NO2. The maximum atomic E-state index is 12.1. The topological polar surface area (TPSA) is 43.1 Å². The van der Waals surface area contributed by atoms with Crippen LogP contribution in [0.5, 0.6) is 0 Å². The number of hydrogen-bond donors (Lipinski definition) is 0. The highest BCUT2D eigenvalue weighted by Gasteiger charge is 2.10. The fourth-order valence-corrected chi connectivity index (χ4v) is 2.55. The highest BCUT2D eigenvalue weighted by molar-refractivity contribution is 5.95. The van der Waals surface area contributed by atoms with Crippen LogP contribution in [0.4, 0.5) is 0 Å². The number of para-hydroxylation sites is 1. The summed E-state index contributed by atoms with van der Waals surface area (Å²) in [5.74, 6) is 0.357. The minimum absolute atomic E-state index is 0.357. The Balaban J connectivity index is 2.07. The van der Waals surface area contributed by atoms with Crippen molar-refractivity contribution in [2.75, 3.05) is 0 Å². The van der Waals surface area contributed by atoms with Crippen molar-refractivity contribution in [3.8, 4) is 11.5 Å². The van der Waals surface area contributed by atoms with Gasteiger partial charge in [-0.05, 0) is 29.0 Å². The van der Waals surface area contributed by atoms with Gasteiger partial charge in [-0.1, -0.05) is 48.5 Å². The van der Waals surface area contributed by atoms with Crippen LogP contribution in [-0.2, 0) is 0 Å². The molecule has 0 bridgehead atoms. The standard InChI is InChI=1S/C18H11NO2/c20-18-15-9-3-4-11-16(15)19-17(21-18)14-10-5-7-12-6-1-2-8-13(12)14/h1-11H. The molecule has 0 aliphatic carbocycles. The van der Waals surface area contributed by atoms with Crippen molar-refractivity contribution in [3.63, 3.8) is 0 Å². The molecule has 0 unspecified atom stereocenters. The Morgan fingerprint density at radius 2 is 1.48 bits per heavy atom. The van der Waals surface area contributed by atoms with Gasteiger partial charge in [-0.25, -0.2) is 9.78 Å². The molecule has 21 heavy (non-hydrogen) atoms. The molecule has 0 fully saturated rings. The van der Waals surface area contributed by atoms with E-state index in [0.717, 1.165) is 16.3 Å². The summed E-state index contributed by atoms with van der Waals surface area (Å²) < 4.78 is 5.42. The second-order valence-electron chi connectivity index (χ2n) is 4.85. The molecule has 0 spiro atoms. The maximum absolute atomic E-state index is 12.1. The van der Waals surface area contributed by atoms with Gasteiger partial charge in [-0.15, -0.1) is 0 Å². The molecule has 3 nitrogen and oxygen atoms in total. The minimum Gasteiger partial charge on any atom is -0.403 e. The molecule has 4 rings (SSSR count). The van der Waals surface area contributed by atoms with Crippen LogP contribution in [0.3, 0.4) is 0 Å². The molecule has 0 atom stereocenters. The Kier molecular flexibility index (Phi) is 2.57. The van der Waals surface area contributed by atoms with Crippen LogP contribution in [0.25, 0.3) is 33.1 Å². The van der Waals surface area contributed by atoms with E-state index >= 15 is 0 Å². The first-order chi connectivity index (χ1) is 10.3. The molecule has 0 aliphatic heterocycles. The third kappa shape index (κ3) is 1.91. The third-order valence-corrected chi connectivity index (χ3v) is 3.56. The van der Waals surface area contributed by atoms with E-state index < -0.39 is 0 Å². The predicted octanol–water partition coefficient (Wildman–Crippen LogP) is 4.01. The van der Waals surface area contributed by atoms with Crippen molar-refractivity contribution in [3.05, 3.63) is 77.2 Å². The largest absolute Gasteiger partial charge is 0.403 e. The summed E-state index contributed by atoms with van der Waals surface area (Å²) in [5.41, 5.74) is 1.12. The second kappa shape index (κ2) is 4.56. The zero-order valence-electron chi connectivity index (χ0n) is 11.1. The highest BCUT2D eigenvalue weighted by atomic mass is 16.4. The zero-order chi connectivity index (χ0) is 14.2. The van der Waals surface area contributed by atoms with E-state index in [9.17, 15) is 4.79 Å². The van der Waals surface area contributed by atoms with E-state index in [1.807, 2.05) is 54.6 Å². The summed E-state index contributed by atoms with van der Waals surface area (Å²) in [5, 5.41) is 2.61. The highest BCUT2D eigenvalue weighted by Crippen LogP contribution is 2.27. The molecule has 0 saturated carbocycles. The number of benzene rings is 3. The lowest BCUT2D eigenvalue weighted by Crippen LogP contribution is -2.02. The number of fused-ring (bicyclic) bond motifs is 2. The van der Waals surface area contributed by atoms with Crippen LogP contribution < -0.4 is 5.63 Å². The van der Waals surface area contributed by atoms with Crippen molar-refractivity contribution in [1.29, 1.82) is 0 Å². The van der Waals surface area contributed by atoms with E-state index in [0.29, 0.717) is 16.8 Å². The van der Waals surface area contributed by atoms with Crippen molar-refractivity contribution >= 4 is 21.7 Å².